The van der Waals surface area contributed by atoms with Gasteiger partial charge in [-0.25, -0.2) is 0 Å². The van der Waals surface area contributed by atoms with Gasteiger partial charge < -0.3 is 20.7 Å². The van der Waals surface area contributed by atoms with E-state index >= 15 is 0 Å². The van der Waals surface area contributed by atoms with Crippen LogP contribution in [-0.2, 0) is 11.3 Å². The molecule has 1 aromatic carbocycles. The van der Waals surface area contributed by atoms with Crippen molar-refractivity contribution in [3.63, 3.8) is 0 Å². The fourth-order valence-electron chi connectivity index (χ4n) is 1.84. The number of nitrogens with zero attached hydrogens (tertiary/aromatic N) is 1. The molecule has 1 rings (SSSR count). The van der Waals surface area contributed by atoms with Gasteiger partial charge in [-0.2, -0.15) is 0 Å². The smallest absolute Gasteiger partial charge is 0.241 e. The normalized spacial score (nSPS) is 12.6. The van der Waals surface area contributed by atoms with Crippen LogP contribution in [0, 0.1) is 5.92 Å². The molecule has 0 radical (unpaired) electrons. The minimum atomic E-state index is -0.530. The van der Waals surface area contributed by atoms with Gasteiger partial charge in [-0.3, -0.25) is 4.79 Å². The Bertz CT molecular complexity index is 458. The van der Waals surface area contributed by atoms with Crippen LogP contribution in [-0.4, -0.2) is 38.1 Å². The predicted molar refractivity (Wildman–Crippen MR) is 81.8 cm³/mol. The Balaban J connectivity index is 2.93. The number of hydrogen-bond acceptors (Lipinski definition) is 4. The van der Waals surface area contributed by atoms with Gasteiger partial charge in [0.25, 0.3) is 0 Å². The Morgan fingerprint density at radius 1 is 1.40 bits per heavy atom. The summed E-state index contributed by atoms with van der Waals surface area (Å²) in [5, 5.41) is 2.85. The van der Waals surface area contributed by atoms with Crippen molar-refractivity contribution in [2.45, 2.75) is 26.4 Å². The molecule has 5 nitrogen and oxygen atoms in total. The van der Waals surface area contributed by atoms with E-state index in [9.17, 15) is 4.79 Å². The van der Waals surface area contributed by atoms with Crippen molar-refractivity contribution in [3.8, 4) is 5.75 Å². The van der Waals surface area contributed by atoms with Crippen molar-refractivity contribution in [1.82, 2.24) is 4.90 Å². The first-order valence-corrected chi connectivity index (χ1v) is 6.73. The molecule has 0 fully saturated rings. The maximum absolute atomic E-state index is 12.1. The lowest BCUT2D eigenvalue weighted by molar-refractivity contribution is -0.118. The van der Waals surface area contributed by atoms with E-state index < -0.39 is 6.04 Å². The van der Waals surface area contributed by atoms with Crippen molar-refractivity contribution in [2.75, 3.05) is 26.5 Å². The number of amides is 1. The lowest BCUT2D eigenvalue weighted by Crippen LogP contribution is -2.39. The molecule has 0 aliphatic rings. The lowest BCUT2D eigenvalue weighted by atomic mass is 10.0. The van der Waals surface area contributed by atoms with Crippen LogP contribution in [0.2, 0.25) is 0 Å². The Hall–Kier alpha value is -1.59. The number of benzene rings is 1. The van der Waals surface area contributed by atoms with Crippen LogP contribution in [0.5, 0.6) is 5.75 Å². The molecule has 0 aliphatic carbocycles. The molecule has 0 aliphatic heterocycles. The zero-order valence-corrected chi connectivity index (χ0v) is 12.9. The van der Waals surface area contributed by atoms with Crippen molar-refractivity contribution in [2.24, 2.45) is 11.7 Å². The number of methoxy groups -OCH3 is 1. The summed E-state index contributed by atoms with van der Waals surface area (Å²) in [4.78, 5) is 14.1. The number of ether oxygens (including phenoxy) is 1. The van der Waals surface area contributed by atoms with Crippen LogP contribution in [0.3, 0.4) is 0 Å². The lowest BCUT2D eigenvalue weighted by Gasteiger charge is -2.18. The number of hydrogen-bond donors (Lipinski definition) is 2. The Kier molecular flexibility index (Phi) is 5.98. The summed E-state index contributed by atoms with van der Waals surface area (Å²) in [5.74, 6) is 0.531. The molecule has 112 valence electrons. The molecule has 1 amide bonds. The molecular weight excluding hydrogens is 254 g/mol. The molecule has 0 spiro atoms. The molecular formula is C15H25N3O2. The van der Waals surface area contributed by atoms with Gasteiger partial charge in [0, 0.05) is 6.54 Å². The summed E-state index contributed by atoms with van der Waals surface area (Å²) in [7, 11) is 5.58. The fraction of sp³-hybridized carbons (Fsp3) is 0.533. The first-order chi connectivity index (χ1) is 9.35. The summed E-state index contributed by atoms with van der Waals surface area (Å²) in [6, 6.07) is 5.23. The monoisotopic (exact) mass is 279 g/mol. The second kappa shape index (κ2) is 7.26. The summed E-state index contributed by atoms with van der Waals surface area (Å²) in [6.07, 6.45) is 0. The highest BCUT2D eigenvalue weighted by atomic mass is 16.5. The minimum Gasteiger partial charge on any atom is -0.495 e. The van der Waals surface area contributed by atoms with Gasteiger partial charge in [0.15, 0.2) is 0 Å². The number of anilines is 1. The standard InChI is InChI=1S/C15H25N3O2/c1-10(2)14(16)15(19)17-12-8-11(9-18(3)4)6-7-13(12)20-5/h6-8,10,14H,9,16H2,1-5H3,(H,17,19)/t14-/m0/s1. The summed E-state index contributed by atoms with van der Waals surface area (Å²) in [5.41, 5.74) is 7.62. The third kappa shape index (κ3) is 4.51. The highest BCUT2D eigenvalue weighted by Gasteiger charge is 2.18. The van der Waals surface area contributed by atoms with Crippen molar-refractivity contribution >= 4 is 11.6 Å². The third-order valence-corrected chi connectivity index (χ3v) is 3.04. The zero-order valence-electron chi connectivity index (χ0n) is 12.9. The molecule has 0 saturated carbocycles. The van der Waals surface area contributed by atoms with Gasteiger partial charge in [0.05, 0.1) is 18.8 Å². The molecule has 0 saturated heterocycles. The van der Waals surface area contributed by atoms with Gasteiger partial charge in [0.2, 0.25) is 5.91 Å². The highest BCUT2D eigenvalue weighted by molar-refractivity contribution is 5.96. The molecule has 1 aromatic rings. The topological polar surface area (TPSA) is 67.6 Å². The van der Waals surface area contributed by atoms with Crippen LogP contribution in [0.1, 0.15) is 19.4 Å². The van der Waals surface area contributed by atoms with Crippen LogP contribution in [0.25, 0.3) is 0 Å². The summed E-state index contributed by atoms with van der Waals surface area (Å²) >= 11 is 0. The molecule has 3 N–H and O–H groups in total. The first kappa shape index (κ1) is 16.5. The van der Waals surface area contributed by atoms with E-state index in [-0.39, 0.29) is 11.8 Å². The van der Waals surface area contributed by atoms with E-state index in [1.165, 1.54) is 0 Å². The molecule has 0 bridgehead atoms. The number of rotatable bonds is 6. The molecule has 0 unspecified atom stereocenters. The maximum Gasteiger partial charge on any atom is 0.241 e. The Morgan fingerprint density at radius 2 is 2.05 bits per heavy atom. The van der Waals surface area contributed by atoms with E-state index in [1.54, 1.807) is 7.11 Å². The second-order valence-corrected chi connectivity index (χ2v) is 5.53. The SMILES string of the molecule is COc1ccc(CN(C)C)cc1NC(=O)[C@@H](N)C(C)C. The largest absolute Gasteiger partial charge is 0.495 e. The van der Waals surface area contributed by atoms with E-state index in [4.69, 9.17) is 10.5 Å². The van der Waals surface area contributed by atoms with Crippen LogP contribution >= 0.6 is 0 Å². The van der Waals surface area contributed by atoms with E-state index in [1.807, 2.05) is 46.1 Å². The van der Waals surface area contributed by atoms with Gasteiger partial charge in [-0.05, 0) is 37.7 Å². The van der Waals surface area contributed by atoms with Crippen LogP contribution < -0.4 is 15.8 Å². The van der Waals surface area contributed by atoms with E-state index in [0.29, 0.717) is 11.4 Å². The summed E-state index contributed by atoms with van der Waals surface area (Å²) < 4.78 is 5.28. The highest BCUT2D eigenvalue weighted by Crippen LogP contribution is 2.26. The fourth-order valence-corrected chi connectivity index (χ4v) is 1.84. The zero-order chi connectivity index (χ0) is 15.3. The second-order valence-electron chi connectivity index (χ2n) is 5.53. The molecule has 1 atom stereocenters. The van der Waals surface area contributed by atoms with Gasteiger partial charge in [-0.1, -0.05) is 19.9 Å². The van der Waals surface area contributed by atoms with Gasteiger partial charge in [0.1, 0.15) is 5.75 Å². The first-order valence-electron chi connectivity index (χ1n) is 6.73. The van der Waals surface area contributed by atoms with Crippen molar-refractivity contribution < 1.29 is 9.53 Å². The number of nitrogens with two attached hydrogens (primary N) is 1. The van der Waals surface area contributed by atoms with Crippen molar-refractivity contribution in [3.05, 3.63) is 23.8 Å². The average molecular weight is 279 g/mol. The van der Waals surface area contributed by atoms with E-state index in [0.717, 1.165) is 12.1 Å². The number of carbonyl (C=O) groups is 1. The number of carbonyl (C=O) groups excluding carboxylic acids is 1. The molecule has 0 heterocycles. The third-order valence-electron chi connectivity index (χ3n) is 3.04. The average Bonchev–Trinajstić information content (AvgIpc) is 2.37. The quantitative estimate of drug-likeness (QED) is 0.831. The van der Waals surface area contributed by atoms with Crippen LogP contribution in [0.4, 0.5) is 5.69 Å². The predicted octanol–water partition coefficient (Wildman–Crippen LogP) is 1.68. The number of nitrogens with one attached hydrogen (secondary N) is 1. The molecule has 0 aromatic heterocycles. The van der Waals surface area contributed by atoms with Crippen molar-refractivity contribution in [1.29, 1.82) is 0 Å². The minimum absolute atomic E-state index is 0.0888. The molecule has 5 heteroatoms. The van der Waals surface area contributed by atoms with Gasteiger partial charge in [-0.15, -0.1) is 0 Å². The Labute approximate surface area is 121 Å². The maximum atomic E-state index is 12.1. The summed E-state index contributed by atoms with van der Waals surface area (Å²) in [6.45, 7) is 4.64. The molecule has 20 heavy (non-hydrogen) atoms. The van der Waals surface area contributed by atoms with Gasteiger partial charge >= 0.3 is 0 Å². The van der Waals surface area contributed by atoms with E-state index in [2.05, 4.69) is 10.2 Å². The Morgan fingerprint density at radius 3 is 2.55 bits per heavy atom. The van der Waals surface area contributed by atoms with Crippen LogP contribution in [0.15, 0.2) is 18.2 Å².